The van der Waals surface area contributed by atoms with Crippen molar-refractivity contribution >= 4 is 6.29 Å². The van der Waals surface area contributed by atoms with E-state index in [-0.39, 0.29) is 5.92 Å². The first-order valence-electron chi connectivity index (χ1n) is 4.56. The molecule has 0 amide bonds. The Kier molecular flexibility index (Phi) is 7.66. The third-order valence-corrected chi connectivity index (χ3v) is 1.58. The summed E-state index contributed by atoms with van der Waals surface area (Å²) in [6, 6.07) is 0. The van der Waals surface area contributed by atoms with Gasteiger partial charge in [-0.05, 0) is 19.3 Å². The van der Waals surface area contributed by atoms with Gasteiger partial charge in [-0.2, -0.15) is 0 Å². The average Bonchev–Trinajstić information content (AvgIpc) is 2.10. The van der Waals surface area contributed by atoms with Crippen molar-refractivity contribution in [2.45, 2.75) is 33.1 Å². The molecule has 0 aliphatic heterocycles. The predicted octanol–water partition coefficient (Wildman–Crippen LogP) is 3.12. The maximum Gasteiger partial charge on any atom is 0.123 e. The van der Waals surface area contributed by atoms with Crippen LogP contribution in [-0.4, -0.2) is 6.29 Å². The molecule has 12 heavy (non-hydrogen) atoms. The van der Waals surface area contributed by atoms with Crippen LogP contribution in [0.2, 0.25) is 0 Å². The molecule has 0 heterocycles. The van der Waals surface area contributed by atoms with Crippen LogP contribution < -0.4 is 0 Å². The number of aldehydes is 1. The van der Waals surface area contributed by atoms with E-state index in [0.717, 1.165) is 25.5 Å². The average molecular weight is 166 g/mol. The van der Waals surface area contributed by atoms with Gasteiger partial charge in [-0.1, -0.05) is 38.2 Å². The van der Waals surface area contributed by atoms with E-state index in [1.165, 1.54) is 0 Å². The summed E-state index contributed by atoms with van der Waals surface area (Å²) in [5, 5.41) is 0. The summed E-state index contributed by atoms with van der Waals surface area (Å²) < 4.78 is 0. The third-order valence-electron chi connectivity index (χ3n) is 1.58. The quantitative estimate of drug-likeness (QED) is 0.437. The van der Waals surface area contributed by atoms with Gasteiger partial charge in [0.15, 0.2) is 0 Å². The predicted molar refractivity (Wildman–Crippen MR) is 53.0 cm³/mol. The highest BCUT2D eigenvalue weighted by atomic mass is 16.1. The molecule has 0 saturated heterocycles. The van der Waals surface area contributed by atoms with Gasteiger partial charge in [-0.15, -0.1) is 0 Å². The van der Waals surface area contributed by atoms with Crippen molar-refractivity contribution in [3.05, 3.63) is 24.3 Å². The lowest BCUT2D eigenvalue weighted by Crippen LogP contribution is -1.91. The van der Waals surface area contributed by atoms with Gasteiger partial charge in [0.2, 0.25) is 0 Å². The van der Waals surface area contributed by atoms with Crippen LogP contribution in [0, 0.1) is 5.92 Å². The zero-order valence-electron chi connectivity index (χ0n) is 7.99. The third kappa shape index (κ3) is 7.26. The Morgan fingerprint density at radius 1 is 1.17 bits per heavy atom. The topological polar surface area (TPSA) is 17.1 Å². The van der Waals surface area contributed by atoms with Gasteiger partial charge in [-0.3, -0.25) is 0 Å². The van der Waals surface area contributed by atoms with Gasteiger partial charge in [0.1, 0.15) is 6.29 Å². The molecular weight excluding hydrogens is 148 g/mol. The first-order chi connectivity index (χ1) is 5.81. The first kappa shape index (κ1) is 11.2. The summed E-state index contributed by atoms with van der Waals surface area (Å²) in [4.78, 5) is 10.2. The number of carbonyl (C=O) groups excluding carboxylic acids is 1. The fourth-order valence-corrected chi connectivity index (χ4v) is 0.804. The Labute approximate surface area is 75.2 Å². The van der Waals surface area contributed by atoms with Crippen molar-refractivity contribution in [3.8, 4) is 0 Å². The van der Waals surface area contributed by atoms with Crippen LogP contribution in [0.1, 0.15) is 33.1 Å². The van der Waals surface area contributed by atoms with Gasteiger partial charge < -0.3 is 4.79 Å². The highest BCUT2D eigenvalue weighted by Crippen LogP contribution is 1.99. The largest absolute Gasteiger partial charge is 0.303 e. The Morgan fingerprint density at radius 2 is 1.83 bits per heavy atom. The van der Waals surface area contributed by atoms with Crippen LogP contribution >= 0.6 is 0 Å². The summed E-state index contributed by atoms with van der Waals surface area (Å²) >= 11 is 0. The molecule has 0 aliphatic rings. The Balaban J connectivity index is 3.37. The van der Waals surface area contributed by atoms with E-state index >= 15 is 0 Å². The Hall–Kier alpha value is -0.850. The van der Waals surface area contributed by atoms with Crippen LogP contribution in [0.5, 0.6) is 0 Å². The van der Waals surface area contributed by atoms with E-state index in [2.05, 4.69) is 31.2 Å². The Bertz CT molecular complexity index is 156. The second-order valence-electron chi connectivity index (χ2n) is 2.94. The summed E-state index contributed by atoms with van der Waals surface area (Å²) in [6.07, 6.45) is 12.4. The molecule has 1 atom stereocenters. The van der Waals surface area contributed by atoms with E-state index in [0.29, 0.717) is 0 Å². The summed E-state index contributed by atoms with van der Waals surface area (Å²) in [5.74, 6) is 0.163. The molecule has 68 valence electrons. The second kappa shape index (κ2) is 8.25. The fourth-order valence-electron chi connectivity index (χ4n) is 0.804. The van der Waals surface area contributed by atoms with E-state index in [1.807, 2.05) is 6.92 Å². The second-order valence-corrected chi connectivity index (χ2v) is 2.94. The van der Waals surface area contributed by atoms with Gasteiger partial charge in [-0.25, -0.2) is 0 Å². The molecule has 0 N–H and O–H groups in total. The molecule has 0 bridgehead atoms. The van der Waals surface area contributed by atoms with E-state index in [4.69, 9.17) is 0 Å². The first-order valence-corrected chi connectivity index (χ1v) is 4.56. The lowest BCUT2D eigenvalue weighted by atomic mass is 10.1. The molecule has 0 radical (unpaired) electrons. The number of hydrogen-bond acceptors (Lipinski definition) is 1. The summed E-state index contributed by atoms with van der Waals surface area (Å²) in [5.41, 5.74) is 0. The maximum absolute atomic E-state index is 10.2. The molecule has 1 unspecified atom stereocenters. The minimum absolute atomic E-state index is 0.163. The molecule has 0 saturated carbocycles. The van der Waals surface area contributed by atoms with Gasteiger partial charge in [0.05, 0.1) is 0 Å². The van der Waals surface area contributed by atoms with Crippen molar-refractivity contribution in [1.29, 1.82) is 0 Å². The smallest absolute Gasteiger partial charge is 0.123 e. The molecule has 0 spiro atoms. The van der Waals surface area contributed by atoms with E-state index in [9.17, 15) is 4.79 Å². The molecule has 0 fully saturated rings. The standard InChI is InChI=1S/C11H18O/c1-3-4-5-6-7-8-9-11(2)10-12/h4-5,7-8,10-11H,3,6,9H2,1-2H3/b5-4+,8-7+. The van der Waals surface area contributed by atoms with E-state index in [1.54, 1.807) is 0 Å². The van der Waals surface area contributed by atoms with Crippen LogP contribution in [0.25, 0.3) is 0 Å². The molecule has 0 aromatic carbocycles. The van der Waals surface area contributed by atoms with Crippen molar-refractivity contribution < 1.29 is 4.79 Å². The van der Waals surface area contributed by atoms with Crippen LogP contribution in [-0.2, 0) is 4.79 Å². The number of rotatable bonds is 6. The van der Waals surface area contributed by atoms with Gasteiger partial charge in [0, 0.05) is 5.92 Å². The lowest BCUT2D eigenvalue weighted by molar-refractivity contribution is -0.110. The highest BCUT2D eigenvalue weighted by Gasteiger charge is 1.92. The van der Waals surface area contributed by atoms with Crippen molar-refractivity contribution in [3.63, 3.8) is 0 Å². The van der Waals surface area contributed by atoms with E-state index < -0.39 is 0 Å². The minimum atomic E-state index is 0.163. The number of carbonyl (C=O) groups is 1. The van der Waals surface area contributed by atoms with Crippen molar-refractivity contribution in [2.24, 2.45) is 5.92 Å². The fraction of sp³-hybridized carbons (Fsp3) is 0.545. The molecular formula is C11H18O. The zero-order chi connectivity index (χ0) is 9.23. The van der Waals surface area contributed by atoms with Crippen molar-refractivity contribution in [1.82, 2.24) is 0 Å². The monoisotopic (exact) mass is 166 g/mol. The molecule has 1 nitrogen and oxygen atoms in total. The summed E-state index contributed by atoms with van der Waals surface area (Å²) in [6.45, 7) is 4.05. The Morgan fingerprint density at radius 3 is 2.42 bits per heavy atom. The summed E-state index contributed by atoms with van der Waals surface area (Å²) in [7, 11) is 0. The SMILES string of the molecule is CC/C=C/C/C=C/CC(C)C=O. The molecule has 1 heteroatoms. The van der Waals surface area contributed by atoms with Crippen LogP contribution in [0.3, 0.4) is 0 Å². The van der Waals surface area contributed by atoms with Gasteiger partial charge >= 0.3 is 0 Å². The van der Waals surface area contributed by atoms with Gasteiger partial charge in [0.25, 0.3) is 0 Å². The number of hydrogen-bond donors (Lipinski definition) is 0. The lowest BCUT2D eigenvalue weighted by Gasteiger charge is -1.94. The normalized spacial score (nSPS) is 14.2. The molecule has 0 rings (SSSR count). The van der Waals surface area contributed by atoms with Crippen LogP contribution in [0.4, 0.5) is 0 Å². The minimum Gasteiger partial charge on any atom is -0.303 e. The van der Waals surface area contributed by atoms with Crippen LogP contribution in [0.15, 0.2) is 24.3 Å². The number of allylic oxidation sites excluding steroid dienone is 4. The van der Waals surface area contributed by atoms with Crippen molar-refractivity contribution in [2.75, 3.05) is 0 Å². The zero-order valence-corrected chi connectivity index (χ0v) is 7.99. The highest BCUT2D eigenvalue weighted by molar-refractivity contribution is 5.52. The molecule has 0 aromatic rings. The molecule has 0 aromatic heterocycles. The maximum atomic E-state index is 10.2. The molecule has 0 aliphatic carbocycles.